The number of hydrogen-bond donors (Lipinski definition) is 2. The fraction of sp³-hybridized carbons (Fsp3) is 0.364. The maximum atomic E-state index is 11.1. The number of rotatable bonds is 6. The summed E-state index contributed by atoms with van der Waals surface area (Å²) in [5.41, 5.74) is 6.24. The van der Waals surface area contributed by atoms with Gasteiger partial charge in [0.1, 0.15) is 10.8 Å². The fourth-order valence-corrected chi connectivity index (χ4v) is 1.33. The van der Waals surface area contributed by atoms with E-state index in [1.807, 2.05) is 0 Å². The van der Waals surface area contributed by atoms with Crippen LogP contribution in [0.3, 0.4) is 0 Å². The molecule has 0 amide bonds. The average Bonchev–Trinajstić information content (AvgIpc) is 2.30. The van der Waals surface area contributed by atoms with Crippen molar-refractivity contribution < 1.29 is 9.53 Å². The number of esters is 1. The zero-order valence-corrected chi connectivity index (χ0v) is 10.4. The molecule has 0 bridgehead atoms. The molecule has 0 aliphatic rings. The summed E-state index contributed by atoms with van der Waals surface area (Å²) < 4.78 is 4.80. The Balaban J connectivity index is 2.44. The van der Waals surface area contributed by atoms with Crippen LogP contribution in [0.15, 0.2) is 18.3 Å². The predicted molar refractivity (Wildman–Crippen MR) is 69.9 cm³/mol. The van der Waals surface area contributed by atoms with E-state index in [1.165, 1.54) is 0 Å². The third kappa shape index (κ3) is 4.78. The van der Waals surface area contributed by atoms with E-state index in [9.17, 15) is 4.79 Å². The van der Waals surface area contributed by atoms with Crippen LogP contribution in [-0.2, 0) is 9.53 Å². The predicted octanol–water partition coefficient (Wildman–Crippen LogP) is 1.08. The molecule has 1 rings (SSSR count). The molecule has 17 heavy (non-hydrogen) atoms. The number of nitrogens with zero attached hydrogens (tertiary/aromatic N) is 1. The second-order valence-electron chi connectivity index (χ2n) is 3.28. The molecule has 0 saturated heterocycles. The SMILES string of the molecule is CCOC(=O)CCNc1cc(C(N)=S)ccn1. The Bertz CT molecular complexity index is 409. The molecule has 6 heteroatoms. The standard InChI is InChI=1S/C11H15N3O2S/c1-2-16-10(15)4-6-14-9-7-8(11(12)17)3-5-13-9/h3,5,7H,2,4,6H2,1H3,(H2,12,17)(H,13,14). The summed E-state index contributed by atoms with van der Waals surface area (Å²) in [6.45, 7) is 2.64. The summed E-state index contributed by atoms with van der Waals surface area (Å²) >= 11 is 4.86. The third-order valence-electron chi connectivity index (χ3n) is 1.99. The fourth-order valence-electron chi connectivity index (χ4n) is 1.21. The molecule has 1 aromatic rings. The summed E-state index contributed by atoms with van der Waals surface area (Å²) in [7, 11) is 0. The molecule has 0 aliphatic heterocycles. The summed E-state index contributed by atoms with van der Waals surface area (Å²) in [5.74, 6) is 0.407. The summed E-state index contributed by atoms with van der Waals surface area (Å²) in [6.07, 6.45) is 1.91. The summed E-state index contributed by atoms with van der Waals surface area (Å²) in [4.78, 5) is 15.5. The molecule has 5 nitrogen and oxygen atoms in total. The lowest BCUT2D eigenvalue weighted by molar-refractivity contribution is -0.142. The van der Waals surface area contributed by atoms with Gasteiger partial charge in [-0.3, -0.25) is 4.79 Å². The third-order valence-corrected chi connectivity index (χ3v) is 2.22. The number of hydrogen-bond acceptors (Lipinski definition) is 5. The van der Waals surface area contributed by atoms with Crippen molar-refractivity contribution in [1.82, 2.24) is 4.98 Å². The highest BCUT2D eigenvalue weighted by atomic mass is 32.1. The van der Waals surface area contributed by atoms with Crippen molar-refractivity contribution in [2.75, 3.05) is 18.5 Å². The van der Waals surface area contributed by atoms with Gasteiger partial charge in [-0.1, -0.05) is 12.2 Å². The van der Waals surface area contributed by atoms with Gasteiger partial charge in [-0.2, -0.15) is 0 Å². The van der Waals surface area contributed by atoms with Crippen molar-refractivity contribution in [3.05, 3.63) is 23.9 Å². The number of carbonyl (C=O) groups is 1. The average molecular weight is 253 g/mol. The number of aromatic nitrogens is 1. The van der Waals surface area contributed by atoms with E-state index < -0.39 is 0 Å². The van der Waals surface area contributed by atoms with E-state index in [1.54, 1.807) is 25.3 Å². The highest BCUT2D eigenvalue weighted by molar-refractivity contribution is 7.80. The van der Waals surface area contributed by atoms with Gasteiger partial charge in [-0.05, 0) is 19.1 Å². The molecule has 0 radical (unpaired) electrons. The highest BCUT2D eigenvalue weighted by Crippen LogP contribution is 2.06. The van der Waals surface area contributed by atoms with Crippen LogP contribution in [0.4, 0.5) is 5.82 Å². The Morgan fingerprint density at radius 3 is 3.06 bits per heavy atom. The number of nitrogens with two attached hydrogens (primary N) is 1. The van der Waals surface area contributed by atoms with Crippen molar-refractivity contribution in [3.63, 3.8) is 0 Å². The highest BCUT2D eigenvalue weighted by Gasteiger charge is 2.02. The molecule has 1 aromatic heterocycles. The minimum atomic E-state index is -0.231. The Morgan fingerprint density at radius 2 is 2.41 bits per heavy atom. The van der Waals surface area contributed by atoms with Gasteiger partial charge < -0.3 is 15.8 Å². The number of thiocarbonyl (C=S) groups is 1. The largest absolute Gasteiger partial charge is 0.466 e. The molecule has 0 aliphatic carbocycles. The van der Waals surface area contributed by atoms with Gasteiger partial charge in [0.2, 0.25) is 0 Å². The van der Waals surface area contributed by atoms with Crippen LogP contribution in [0.2, 0.25) is 0 Å². The van der Waals surface area contributed by atoms with Crippen LogP contribution >= 0.6 is 12.2 Å². The second kappa shape index (κ2) is 6.80. The van der Waals surface area contributed by atoms with Crippen molar-refractivity contribution in [1.29, 1.82) is 0 Å². The Kier molecular flexibility index (Phi) is 5.35. The molecule has 0 saturated carbocycles. The molecular formula is C11H15N3O2S. The quantitative estimate of drug-likeness (QED) is 0.583. The number of nitrogens with one attached hydrogen (secondary N) is 1. The first kappa shape index (κ1) is 13.4. The molecule has 0 aromatic carbocycles. The van der Waals surface area contributed by atoms with Gasteiger partial charge in [0.05, 0.1) is 13.0 Å². The van der Waals surface area contributed by atoms with Crippen LogP contribution in [0.25, 0.3) is 0 Å². The monoisotopic (exact) mass is 253 g/mol. The topological polar surface area (TPSA) is 77.2 Å². The van der Waals surface area contributed by atoms with Gasteiger partial charge in [0.25, 0.3) is 0 Å². The van der Waals surface area contributed by atoms with E-state index in [0.717, 1.165) is 5.56 Å². The van der Waals surface area contributed by atoms with Crippen LogP contribution < -0.4 is 11.1 Å². The minimum Gasteiger partial charge on any atom is -0.466 e. The maximum absolute atomic E-state index is 11.1. The van der Waals surface area contributed by atoms with Gasteiger partial charge in [0.15, 0.2) is 0 Å². The summed E-state index contributed by atoms with van der Waals surface area (Å²) in [5, 5.41) is 3.00. The second-order valence-corrected chi connectivity index (χ2v) is 3.72. The van der Waals surface area contributed by atoms with Crippen LogP contribution in [0.1, 0.15) is 18.9 Å². The maximum Gasteiger partial charge on any atom is 0.307 e. The number of pyridine rings is 1. The van der Waals surface area contributed by atoms with Crippen molar-refractivity contribution in [2.24, 2.45) is 5.73 Å². The first-order chi connectivity index (χ1) is 8.13. The smallest absolute Gasteiger partial charge is 0.307 e. The minimum absolute atomic E-state index is 0.231. The number of ether oxygens (including phenoxy) is 1. The van der Waals surface area contributed by atoms with Gasteiger partial charge in [-0.15, -0.1) is 0 Å². The Hall–Kier alpha value is -1.69. The molecule has 1 heterocycles. The molecular weight excluding hydrogens is 238 g/mol. The van der Waals surface area contributed by atoms with Gasteiger partial charge >= 0.3 is 5.97 Å². The molecule has 0 spiro atoms. The van der Waals surface area contributed by atoms with E-state index in [4.69, 9.17) is 22.7 Å². The lowest BCUT2D eigenvalue weighted by Crippen LogP contribution is -2.13. The van der Waals surface area contributed by atoms with Crippen LogP contribution in [0, 0.1) is 0 Å². The Labute approximate surface area is 105 Å². The molecule has 0 atom stereocenters. The van der Waals surface area contributed by atoms with Gasteiger partial charge in [-0.25, -0.2) is 4.98 Å². The van der Waals surface area contributed by atoms with E-state index in [-0.39, 0.29) is 5.97 Å². The first-order valence-corrected chi connectivity index (χ1v) is 5.69. The molecule has 0 fully saturated rings. The zero-order valence-electron chi connectivity index (χ0n) is 9.60. The lowest BCUT2D eigenvalue weighted by Gasteiger charge is -2.06. The number of carbonyl (C=O) groups excluding carboxylic acids is 1. The van der Waals surface area contributed by atoms with Crippen molar-refractivity contribution in [3.8, 4) is 0 Å². The molecule has 3 N–H and O–H groups in total. The number of anilines is 1. The van der Waals surface area contributed by atoms with E-state index >= 15 is 0 Å². The molecule has 0 unspecified atom stereocenters. The van der Waals surface area contributed by atoms with Crippen LogP contribution in [0.5, 0.6) is 0 Å². The first-order valence-electron chi connectivity index (χ1n) is 5.29. The van der Waals surface area contributed by atoms with E-state index in [0.29, 0.717) is 30.4 Å². The summed E-state index contributed by atoms with van der Waals surface area (Å²) in [6, 6.07) is 3.48. The van der Waals surface area contributed by atoms with Crippen LogP contribution in [-0.4, -0.2) is 29.1 Å². The lowest BCUT2D eigenvalue weighted by atomic mass is 10.2. The molecule has 92 valence electrons. The normalized spacial score (nSPS) is 9.71. The van der Waals surface area contributed by atoms with Gasteiger partial charge in [0, 0.05) is 18.3 Å². The van der Waals surface area contributed by atoms with E-state index in [2.05, 4.69) is 10.3 Å². The Morgan fingerprint density at radius 1 is 1.65 bits per heavy atom. The van der Waals surface area contributed by atoms with Crippen molar-refractivity contribution in [2.45, 2.75) is 13.3 Å². The van der Waals surface area contributed by atoms with Crippen molar-refractivity contribution >= 4 is 29.0 Å². The zero-order chi connectivity index (χ0) is 12.7.